The predicted molar refractivity (Wildman–Crippen MR) is 132 cm³/mol. The summed E-state index contributed by atoms with van der Waals surface area (Å²) < 4.78 is 62.8. The Morgan fingerprint density at radius 1 is 1.11 bits per heavy atom. The Morgan fingerprint density at radius 3 is 2.37 bits per heavy atom. The number of halogens is 5. The average molecular weight is 552 g/mol. The normalized spacial score (nSPS) is 15.9. The first-order chi connectivity index (χ1) is 17.8. The molecule has 0 aliphatic carbocycles. The van der Waals surface area contributed by atoms with Crippen molar-refractivity contribution in [2.24, 2.45) is 0 Å². The lowest BCUT2D eigenvalue weighted by Gasteiger charge is -2.38. The maximum absolute atomic E-state index is 14.6. The molecule has 0 fully saturated rings. The van der Waals surface area contributed by atoms with Crippen molar-refractivity contribution in [3.8, 4) is 16.9 Å². The van der Waals surface area contributed by atoms with Gasteiger partial charge in [-0.25, -0.2) is 9.18 Å². The van der Waals surface area contributed by atoms with Crippen molar-refractivity contribution >= 4 is 29.2 Å². The standard InChI is InChI=1S/C27H22ClF4NO5/c1-3-33-22-12-17(6-9-23(22)38-13-24(33)34)26(37,27(30,31)32)14(2)18-7-4-16(11-20(18)28)15-5-8-21(29)19(10-15)25(35)36/h4-12,14,37H,3,13H2,1-2H3,(H,35,36)/t14-,26-/m1/s1. The van der Waals surface area contributed by atoms with Gasteiger partial charge in [0, 0.05) is 17.5 Å². The third-order valence-electron chi connectivity index (χ3n) is 6.71. The summed E-state index contributed by atoms with van der Waals surface area (Å²) in [6.45, 7) is 2.79. The molecule has 0 unspecified atom stereocenters. The number of anilines is 1. The van der Waals surface area contributed by atoms with Gasteiger partial charge in [-0.15, -0.1) is 0 Å². The van der Waals surface area contributed by atoms with Crippen molar-refractivity contribution in [3.05, 3.63) is 82.1 Å². The first-order valence-corrected chi connectivity index (χ1v) is 11.9. The van der Waals surface area contributed by atoms with Gasteiger partial charge in [0.05, 0.1) is 11.3 Å². The topological polar surface area (TPSA) is 87.1 Å². The minimum absolute atomic E-state index is 0.0341. The first kappa shape index (κ1) is 27.4. The van der Waals surface area contributed by atoms with Gasteiger partial charge >= 0.3 is 12.1 Å². The van der Waals surface area contributed by atoms with Crippen LogP contribution in [0.1, 0.15) is 41.3 Å². The molecule has 0 saturated carbocycles. The van der Waals surface area contributed by atoms with Crippen LogP contribution in [0.25, 0.3) is 11.1 Å². The second kappa shape index (κ2) is 9.92. The molecule has 1 aliphatic rings. The van der Waals surface area contributed by atoms with Crippen LogP contribution >= 0.6 is 11.6 Å². The van der Waals surface area contributed by atoms with Gasteiger partial charge in [-0.1, -0.05) is 42.8 Å². The number of carboxylic acids is 1. The van der Waals surface area contributed by atoms with E-state index in [1.165, 1.54) is 42.2 Å². The molecule has 6 nitrogen and oxygen atoms in total. The fourth-order valence-corrected chi connectivity index (χ4v) is 4.94. The number of rotatable bonds is 6. The van der Waals surface area contributed by atoms with E-state index in [1.807, 2.05) is 0 Å². The summed E-state index contributed by atoms with van der Waals surface area (Å²) in [5, 5.41) is 20.3. The SMILES string of the molecule is CCN1C(=O)COc2ccc([C@](O)([C@H](C)c3ccc(-c4ccc(F)c(C(=O)O)c4)cc3Cl)C(F)(F)F)cc21. The molecule has 0 spiro atoms. The maximum atomic E-state index is 14.6. The van der Waals surface area contributed by atoms with Gasteiger partial charge in [0.2, 0.25) is 0 Å². The van der Waals surface area contributed by atoms with Crippen molar-refractivity contribution in [1.29, 1.82) is 0 Å². The fourth-order valence-electron chi connectivity index (χ4n) is 4.60. The molecule has 1 heterocycles. The quantitative estimate of drug-likeness (QED) is 0.359. The van der Waals surface area contributed by atoms with Gasteiger partial charge < -0.3 is 19.8 Å². The largest absolute Gasteiger partial charge is 0.482 e. The van der Waals surface area contributed by atoms with Crippen LogP contribution in [-0.2, 0) is 10.4 Å². The molecule has 1 aliphatic heterocycles. The molecule has 0 radical (unpaired) electrons. The lowest BCUT2D eigenvalue weighted by molar-refractivity contribution is -0.274. The molecular weight excluding hydrogens is 530 g/mol. The molecule has 3 aromatic carbocycles. The predicted octanol–water partition coefficient (Wildman–Crippen LogP) is 6.14. The van der Waals surface area contributed by atoms with Gasteiger partial charge in [0.15, 0.2) is 12.2 Å². The van der Waals surface area contributed by atoms with E-state index in [0.717, 1.165) is 24.3 Å². The van der Waals surface area contributed by atoms with Crippen LogP contribution in [-0.4, -0.2) is 41.4 Å². The highest BCUT2D eigenvalue weighted by atomic mass is 35.5. The molecule has 38 heavy (non-hydrogen) atoms. The number of likely N-dealkylation sites (N-methyl/N-ethyl adjacent to an activating group) is 1. The van der Waals surface area contributed by atoms with Crippen molar-refractivity contribution in [1.82, 2.24) is 0 Å². The molecule has 3 aromatic rings. The Balaban J connectivity index is 1.78. The number of amides is 1. The third-order valence-corrected chi connectivity index (χ3v) is 7.04. The van der Waals surface area contributed by atoms with E-state index in [-0.39, 0.29) is 40.7 Å². The number of ether oxygens (including phenoxy) is 1. The van der Waals surface area contributed by atoms with Gasteiger partial charge in [-0.05, 0) is 59.5 Å². The smallest absolute Gasteiger partial charge is 0.422 e. The Bertz CT molecular complexity index is 1430. The molecule has 0 bridgehead atoms. The van der Waals surface area contributed by atoms with Crippen LogP contribution in [0.4, 0.5) is 23.2 Å². The number of aromatic carboxylic acids is 1. The molecule has 11 heteroatoms. The maximum Gasteiger partial charge on any atom is 0.422 e. The van der Waals surface area contributed by atoms with E-state index in [2.05, 4.69) is 0 Å². The number of carboxylic acid groups (broad SMARTS) is 1. The number of benzene rings is 3. The number of hydrogen-bond donors (Lipinski definition) is 2. The Morgan fingerprint density at radius 2 is 1.76 bits per heavy atom. The number of hydrogen-bond acceptors (Lipinski definition) is 4. The number of carbonyl (C=O) groups is 2. The van der Waals surface area contributed by atoms with Crippen molar-refractivity contribution in [2.45, 2.75) is 31.5 Å². The molecule has 0 aromatic heterocycles. The van der Waals surface area contributed by atoms with Gasteiger partial charge in [0.1, 0.15) is 11.6 Å². The minimum atomic E-state index is -5.15. The van der Waals surface area contributed by atoms with E-state index in [4.69, 9.17) is 16.3 Å². The van der Waals surface area contributed by atoms with E-state index in [1.54, 1.807) is 6.92 Å². The van der Waals surface area contributed by atoms with Gasteiger partial charge in [-0.3, -0.25) is 4.79 Å². The number of carbonyl (C=O) groups excluding carboxylic acids is 1. The highest BCUT2D eigenvalue weighted by Gasteiger charge is 2.59. The number of alkyl halides is 3. The Kier molecular flexibility index (Phi) is 7.15. The minimum Gasteiger partial charge on any atom is -0.482 e. The van der Waals surface area contributed by atoms with E-state index < -0.39 is 46.5 Å². The highest BCUT2D eigenvalue weighted by molar-refractivity contribution is 6.31. The summed E-state index contributed by atoms with van der Waals surface area (Å²) >= 11 is 6.39. The van der Waals surface area contributed by atoms with E-state index in [9.17, 15) is 37.4 Å². The summed E-state index contributed by atoms with van der Waals surface area (Å²) in [5.74, 6) is -4.23. The van der Waals surface area contributed by atoms with Crippen LogP contribution in [0.5, 0.6) is 5.75 Å². The molecule has 2 N–H and O–H groups in total. The second-order valence-electron chi connectivity index (χ2n) is 8.83. The molecule has 4 rings (SSSR count). The van der Waals surface area contributed by atoms with Crippen LogP contribution in [0.15, 0.2) is 54.6 Å². The number of fused-ring (bicyclic) bond motifs is 1. The fraction of sp³-hybridized carbons (Fsp3) is 0.259. The highest BCUT2D eigenvalue weighted by Crippen LogP contribution is 2.51. The van der Waals surface area contributed by atoms with Gasteiger partial charge in [0.25, 0.3) is 5.91 Å². The van der Waals surface area contributed by atoms with Crippen molar-refractivity contribution in [3.63, 3.8) is 0 Å². The summed E-state index contributed by atoms with van der Waals surface area (Å²) in [6.07, 6.45) is -5.15. The van der Waals surface area contributed by atoms with E-state index >= 15 is 0 Å². The third kappa shape index (κ3) is 4.58. The van der Waals surface area contributed by atoms with Crippen molar-refractivity contribution < 1.29 is 42.1 Å². The van der Waals surface area contributed by atoms with Crippen LogP contribution in [0.3, 0.4) is 0 Å². The first-order valence-electron chi connectivity index (χ1n) is 11.5. The van der Waals surface area contributed by atoms with Crippen molar-refractivity contribution in [2.75, 3.05) is 18.1 Å². The Hall–Kier alpha value is -3.63. The second-order valence-corrected chi connectivity index (χ2v) is 9.24. The zero-order valence-electron chi connectivity index (χ0n) is 20.1. The monoisotopic (exact) mass is 551 g/mol. The number of aliphatic hydroxyl groups is 1. The van der Waals surface area contributed by atoms with Crippen LogP contribution in [0, 0.1) is 5.82 Å². The summed E-state index contributed by atoms with van der Waals surface area (Å²) in [7, 11) is 0. The van der Waals surface area contributed by atoms with E-state index in [0.29, 0.717) is 5.56 Å². The lowest BCUT2D eigenvalue weighted by atomic mass is 9.77. The zero-order chi connectivity index (χ0) is 28.0. The molecule has 0 saturated heterocycles. The molecular formula is C27H22ClF4NO5. The van der Waals surface area contributed by atoms with Crippen LogP contribution < -0.4 is 9.64 Å². The van der Waals surface area contributed by atoms with Gasteiger partial charge in [-0.2, -0.15) is 13.2 Å². The molecule has 2 atom stereocenters. The summed E-state index contributed by atoms with van der Waals surface area (Å²) in [6, 6.07) is 10.9. The molecule has 1 amide bonds. The number of nitrogens with zero attached hydrogens (tertiary/aromatic N) is 1. The Labute approximate surface area is 220 Å². The zero-order valence-corrected chi connectivity index (χ0v) is 20.9. The van der Waals surface area contributed by atoms with Crippen LogP contribution in [0.2, 0.25) is 5.02 Å². The summed E-state index contributed by atoms with van der Waals surface area (Å²) in [4.78, 5) is 24.8. The molecule has 200 valence electrons. The average Bonchev–Trinajstić information content (AvgIpc) is 2.86. The summed E-state index contributed by atoms with van der Waals surface area (Å²) in [5.41, 5.74) is -3.77. The lowest BCUT2D eigenvalue weighted by Crippen LogP contribution is -2.47.